The number of benzene rings is 2. The van der Waals surface area contributed by atoms with Gasteiger partial charge in [0, 0.05) is 17.5 Å². The normalized spacial score (nSPS) is 15.5. The quantitative estimate of drug-likeness (QED) is 0.634. The van der Waals surface area contributed by atoms with Crippen LogP contribution in [-0.2, 0) is 20.3 Å². The van der Waals surface area contributed by atoms with Crippen molar-refractivity contribution in [1.82, 2.24) is 0 Å². The number of carbonyl (C=O) groups excluding carboxylic acids is 2. The van der Waals surface area contributed by atoms with Crippen molar-refractivity contribution in [3.8, 4) is 0 Å². The number of nitrogens with zero attached hydrogens (tertiary/aromatic N) is 1. The summed E-state index contributed by atoms with van der Waals surface area (Å²) < 4.78 is 17.6. The summed E-state index contributed by atoms with van der Waals surface area (Å²) in [4.78, 5) is 27.9. The maximum absolute atomic E-state index is 13.0. The van der Waals surface area contributed by atoms with E-state index in [-0.39, 0.29) is 24.1 Å². The first-order valence-corrected chi connectivity index (χ1v) is 11.5. The van der Waals surface area contributed by atoms with Crippen LogP contribution >= 0.6 is 0 Å². The molecule has 2 aromatic carbocycles. The largest absolute Gasteiger partial charge is 0.452 e. The van der Waals surface area contributed by atoms with Gasteiger partial charge in [0.25, 0.3) is 5.91 Å². The molecule has 1 fully saturated rings. The fraction of sp³-hybridized carbons (Fsp3) is 0.391. The number of hydrogen-bond acceptors (Lipinski definition) is 4. The number of carbonyl (C=O) groups is 2. The summed E-state index contributed by atoms with van der Waals surface area (Å²) in [6, 6.07) is 16.4. The SMILES string of the molecule is CC[S@](=O)c1ccccc1C(=O)OCC(=O)N(c1ccccc1)C1CCCCC1. The molecule has 0 saturated heterocycles. The highest BCUT2D eigenvalue weighted by Crippen LogP contribution is 2.27. The summed E-state index contributed by atoms with van der Waals surface area (Å²) in [5.74, 6) is -0.440. The van der Waals surface area contributed by atoms with Gasteiger partial charge in [-0.15, -0.1) is 0 Å². The lowest BCUT2D eigenvalue weighted by molar-refractivity contribution is -0.122. The highest BCUT2D eigenvalue weighted by molar-refractivity contribution is 7.85. The van der Waals surface area contributed by atoms with E-state index in [1.165, 1.54) is 6.42 Å². The van der Waals surface area contributed by atoms with Crippen LogP contribution in [0.3, 0.4) is 0 Å². The molecule has 0 bridgehead atoms. The minimum atomic E-state index is -1.28. The summed E-state index contributed by atoms with van der Waals surface area (Å²) in [7, 11) is -1.28. The van der Waals surface area contributed by atoms with E-state index < -0.39 is 16.8 Å². The Labute approximate surface area is 174 Å². The Kier molecular flexibility index (Phi) is 7.58. The monoisotopic (exact) mass is 413 g/mol. The van der Waals surface area contributed by atoms with Gasteiger partial charge in [-0.05, 0) is 37.1 Å². The molecule has 1 aliphatic rings. The van der Waals surface area contributed by atoms with Crippen LogP contribution in [0.15, 0.2) is 59.5 Å². The summed E-state index contributed by atoms with van der Waals surface area (Å²) in [5.41, 5.74) is 1.08. The van der Waals surface area contributed by atoms with Crippen LogP contribution in [0.4, 0.5) is 5.69 Å². The lowest BCUT2D eigenvalue weighted by Gasteiger charge is -2.34. The van der Waals surface area contributed by atoms with Gasteiger partial charge in [-0.1, -0.05) is 56.5 Å². The third-order valence-corrected chi connectivity index (χ3v) is 6.56. The van der Waals surface area contributed by atoms with Gasteiger partial charge in [-0.2, -0.15) is 0 Å². The van der Waals surface area contributed by atoms with E-state index in [0.717, 1.165) is 31.4 Å². The van der Waals surface area contributed by atoms with Crippen molar-refractivity contribution < 1.29 is 18.5 Å². The molecule has 2 aromatic rings. The topological polar surface area (TPSA) is 63.7 Å². The average Bonchev–Trinajstić information content (AvgIpc) is 2.78. The van der Waals surface area contributed by atoms with E-state index in [4.69, 9.17) is 4.74 Å². The number of ether oxygens (including phenoxy) is 1. The van der Waals surface area contributed by atoms with E-state index in [2.05, 4.69) is 0 Å². The van der Waals surface area contributed by atoms with Gasteiger partial charge in [0.15, 0.2) is 6.61 Å². The second-order valence-electron chi connectivity index (χ2n) is 7.10. The predicted molar refractivity (Wildman–Crippen MR) is 114 cm³/mol. The van der Waals surface area contributed by atoms with Crippen molar-refractivity contribution in [2.45, 2.75) is 50.0 Å². The van der Waals surface area contributed by atoms with Crippen molar-refractivity contribution in [2.24, 2.45) is 0 Å². The van der Waals surface area contributed by atoms with E-state index in [0.29, 0.717) is 10.6 Å². The van der Waals surface area contributed by atoms with Gasteiger partial charge in [0.2, 0.25) is 0 Å². The Morgan fingerprint density at radius 2 is 1.66 bits per heavy atom. The van der Waals surface area contributed by atoms with Crippen LogP contribution in [0, 0.1) is 0 Å². The maximum atomic E-state index is 13.0. The predicted octanol–water partition coefficient (Wildman–Crippen LogP) is 4.34. The molecule has 0 spiro atoms. The second kappa shape index (κ2) is 10.3. The molecule has 0 radical (unpaired) electrons. The number of anilines is 1. The Bertz CT molecular complexity index is 862. The van der Waals surface area contributed by atoms with E-state index in [9.17, 15) is 13.8 Å². The number of amides is 1. The standard InChI is InChI=1S/C23H27NO4S/c1-2-29(27)21-16-10-9-15-20(21)23(26)28-17-22(25)24(18-11-5-3-6-12-18)19-13-7-4-8-14-19/h3,5-6,9-12,15-16,19H,2,4,7-8,13-14,17H2,1H3/t29-/m0/s1. The molecule has 1 saturated carbocycles. The van der Waals surface area contributed by atoms with Gasteiger partial charge in [-0.3, -0.25) is 9.00 Å². The van der Waals surface area contributed by atoms with Crippen LogP contribution < -0.4 is 4.90 Å². The molecule has 0 aromatic heterocycles. The van der Waals surface area contributed by atoms with E-state index in [1.54, 1.807) is 36.1 Å². The van der Waals surface area contributed by atoms with Crippen LogP contribution in [-0.4, -0.2) is 34.5 Å². The molecule has 3 rings (SSSR count). The molecular formula is C23H27NO4S. The Morgan fingerprint density at radius 3 is 2.34 bits per heavy atom. The van der Waals surface area contributed by atoms with E-state index >= 15 is 0 Å². The molecule has 6 heteroatoms. The Balaban J connectivity index is 1.74. The van der Waals surface area contributed by atoms with Crippen molar-refractivity contribution in [3.05, 3.63) is 60.2 Å². The van der Waals surface area contributed by atoms with Crippen molar-refractivity contribution in [2.75, 3.05) is 17.3 Å². The van der Waals surface area contributed by atoms with Crippen molar-refractivity contribution >= 4 is 28.4 Å². The first kappa shape index (κ1) is 21.2. The summed E-state index contributed by atoms with van der Waals surface area (Å²) in [6.07, 6.45) is 5.28. The molecule has 1 amide bonds. The molecule has 0 unspecified atom stereocenters. The fourth-order valence-electron chi connectivity index (χ4n) is 3.75. The van der Waals surface area contributed by atoms with Gasteiger partial charge < -0.3 is 9.64 Å². The molecule has 0 aliphatic heterocycles. The fourth-order valence-corrected chi connectivity index (χ4v) is 4.69. The smallest absolute Gasteiger partial charge is 0.339 e. The zero-order valence-corrected chi connectivity index (χ0v) is 17.5. The van der Waals surface area contributed by atoms with Crippen LogP contribution in [0.25, 0.3) is 0 Å². The maximum Gasteiger partial charge on any atom is 0.339 e. The summed E-state index contributed by atoms with van der Waals surface area (Å²) in [5, 5.41) is 0. The van der Waals surface area contributed by atoms with E-state index in [1.807, 2.05) is 30.3 Å². The first-order chi connectivity index (χ1) is 14.1. The summed E-state index contributed by atoms with van der Waals surface area (Å²) in [6.45, 7) is 1.46. The molecule has 1 atom stereocenters. The first-order valence-electron chi connectivity index (χ1n) is 10.1. The zero-order chi connectivity index (χ0) is 20.6. The number of rotatable bonds is 7. The molecule has 5 nitrogen and oxygen atoms in total. The van der Waals surface area contributed by atoms with Crippen molar-refractivity contribution in [3.63, 3.8) is 0 Å². The number of hydrogen-bond donors (Lipinski definition) is 0. The molecular weight excluding hydrogens is 386 g/mol. The lowest BCUT2D eigenvalue weighted by atomic mass is 9.93. The van der Waals surface area contributed by atoms with Crippen LogP contribution in [0.2, 0.25) is 0 Å². The molecule has 154 valence electrons. The molecule has 29 heavy (non-hydrogen) atoms. The van der Waals surface area contributed by atoms with Crippen molar-refractivity contribution in [1.29, 1.82) is 0 Å². The highest BCUT2D eigenvalue weighted by atomic mass is 32.2. The van der Waals surface area contributed by atoms with Gasteiger partial charge in [0.05, 0.1) is 21.3 Å². The molecule has 0 heterocycles. The number of para-hydroxylation sites is 1. The lowest BCUT2D eigenvalue weighted by Crippen LogP contribution is -2.43. The third kappa shape index (κ3) is 5.32. The van der Waals surface area contributed by atoms with Gasteiger partial charge >= 0.3 is 5.97 Å². The second-order valence-corrected chi connectivity index (χ2v) is 8.81. The molecule has 1 aliphatic carbocycles. The summed E-state index contributed by atoms with van der Waals surface area (Å²) >= 11 is 0. The Morgan fingerprint density at radius 1 is 1.00 bits per heavy atom. The number of esters is 1. The minimum Gasteiger partial charge on any atom is -0.452 e. The average molecular weight is 414 g/mol. The highest BCUT2D eigenvalue weighted by Gasteiger charge is 2.28. The third-order valence-electron chi connectivity index (χ3n) is 5.18. The molecule has 0 N–H and O–H groups in total. The van der Waals surface area contributed by atoms with Crippen LogP contribution in [0.1, 0.15) is 49.4 Å². The zero-order valence-electron chi connectivity index (χ0n) is 16.7. The van der Waals surface area contributed by atoms with Gasteiger partial charge in [-0.25, -0.2) is 4.79 Å². The Hall–Kier alpha value is -2.47. The minimum absolute atomic E-state index is 0.122. The van der Waals surface area contributed by atoms with Gasteiger partial charge in [0.1, 0.15) is 0 Å². The van der Waals surface area contributed by atoms with Crippen LogP contribution in [0.5, 0.6) is 0 Å².